The first-order valence-electron chi connectivity index (χ1n) is 12.6. The third kappa shape index (κ3) is 6.34. The van der Waals surface area contributed by atoms with Gasteiger partial charge in [-0.3, -0.25) is 4.79 Å². The van der Waals surface area contributed by atoms with E-state index < -0.39 is 0 Å². The molecule has 0 spiro atoms. The van der Waals surface area contributed by atoms with Crippen molar-refractivity contribution >= 4 is 17.6 Å². The summed E-state index contributed by atoms with van der Waals surface area (Å²) < 4.78 is 5.37. The fraction of sp³-hybridized carbons (Fsp3) is 0.500. The average molecular weight is 481 g/mol. The van der Waals surface area contributed by atoms with Crippen LogP contribution >= 0.6 is 0 Å². The second kappa shape index (κ2) is 12.1. The van der Waals surface area contributed by atoms with Gasteiger partial charge in [-0.25, -0.2) is 4.79 Å². The Bertz CT molecular complexity index is 1030. The van der Waals surface area contributed by atoms with E-state index in [1.54, 1.807) is 7.11 Å². The minimum atomic E-state index is -0.0801. The van der Waals surface area contributed by atoms with Gasteiger partial charge in [0.15, 0.2) is 0 Å². The Balaban J connectivity index is 1.67. The number of ether oxygens (including phenoxy) is 1. The molecule has 0 bridgehead atoms. The first kappa shape index (κ1) is 26.5. The number of allylic oxidation sites excluding steroid dienone is 3. The van der Waals surface area contributed by atoms with Crippen LogP contribution in [0.5, 0.6) is 5.75 Å². The summed E-state index contributed by atoms with van der Waals surface area (Å²) in [5, 5.41) is 6.15. The smallest absolute Gasteiger partial charge is 0.322 e. The standard InChI is InChI=1S/C28H40N4O3/c1-6-7-8-18(2)24-17-32(28(34)31-26(24)20(4)16-29)23-13-10-21(11-14-23)27(33)30-22-12-9-19(3)25(15-22)35-5/h7-9,12,15,21,23H,6,10-11,13-14,16-17,29H2,1-5H3,(H,30,33)(H,31,34)/b8-7+,24-18-,26-20-. The number of methoxy groups -OCH3 is 1. The molecule has 1 saturated carbocycles. The lowest BCUT2D eigenvalue weighted by atomic mass is 9.84. The number of urea groups is 1. The number of nitrogens with one attached hydrogen (secondary N) is 2. The largest absolute Gasteiger partial charge is 0.496 e. The topological polar surface area (TPSA) is 96.7 Å². The Morgan fingerprint density at radius 3 is 2.60 bits per heavy atom. The lowest BCUT2D eigenvalue weighted by Crippen LogP contribution is -2.53. The fourth-order valence-corrected chi connectivity index (χ4v) is 4.85. The molecule has 7 heteroatoms. The normalized spacial score (nSPS) is 23.7. The van der Waals surface area contributed by atoms with Crippen molar-refractivity contribution in [1.82, 2.24) is 10.2 Å². The maximum Gasteiger partial charge on any atom is 0.322 e. The number of aryl methyl sites for hydroxylation is 1. The molecule has 0 atom stereocenters. The number of benzene rings is 1. The van der Waals surface area contributed by atoms with Crippen LogP contribution in [0.2, 0.25) is 0 Å². The Labute approximate surface area is 209 Å². The van der Waals surface area contributed by atoms with Gasteiger partial charge in [0.25, 0.3) is 0 Å². The number of carbonyl (C=O) groups excluding carboxylic acids is 2. The van der Waals surface area contributed by atoms with Crippen LogP contribution in [0.3, 0.4) is 0 Å². The highest BCUT2D eigenvalue weighted by Crippen LogP contribution is 2.33. The highest BCUT2D eigenvalue weighted by atomic mass is 16.5. The van der Waals surface area contributed by atoms with Gasteiger partial charge in [0.05, 0.1) is 13.7 Å². The molecule has 35 heavy (non-hydrogen) atoms. The van der Waals surface area contributed by atoms with Gasteiger partial charge in [-0.05, 0) is 81.2 Å². The number of hydrogen-bond acceptors (Lipinski definition) is 4. The summed E-state index contributed by atoms with van der Waals surface area (Å²) in [6, 6.07) is 5.73. The Morgan fingerprint density at radius 1 is 1.26 bits per heavy atom. The molecule has 0 radical (unpaired) electrons. The van der Waals surface area contributed by atoms with Crippen molar-refractivity contribution < 1.29 is 14.3 Å². The first-order valence-corrected chi connectivity index (χ1v) is 12.6. The number of carbonyl (C=O) groups is 2. The molecule has 0 aromatic heterocycles. The molecule has 1 aliphatic carbocycles. The number of nitrogens with two attached hydrogens (primary N) is 1. The predicted molar refractivity (Wildman–Crippen MR) is 141 cm³/mol. The maximum absolute atomic E-state index is 13.1. The molecule has 4 N–H and O–H groups in total. The summed E-state index contributed by atoms with van der Waals surface area (Å²) in [5.41, 5.74) is 11.8. The van der Waals surface area contributed by atoms with Crippen molar-refractivity contribution in [3.8, 4) is 5.75 Å². The van der Waals surface area contributed by atoms with Crippen molar-refractivity contribution in [3.05, 3.63) is 58.3 Å². The molecular formula is C28H40N4O3. The third-order valence-electron chi connectivity index (χ3n) is 7.12. The van der Waals surface area contributed by atoms with Gasteiger partial charge in [-0.15, -0.1) is 0 Å². The van der Waals surface area contributed by atoms with Crippen molar-refractivity contribution in [2.45, 2.75) is 65.8 Å². The SMILES string of the molecule is CC/C=C/C(C)=C1/CN(C2CCC(C(=O)Nc3ccc(C)c(OC)c3)CC2)C(=O)N/C1=C(/C)CN. The van der Waals surface area contributed by atoms with Gasteiger partial charge in [0.2, 0.25) is 5.91 Å². The van der Waals surface area contributed by atoms with Gasteiger partial charge >= 0.3 is 6.03 Å². The lowest BCUT2D eigenvalue weighted by molar-refractivity contribution is -0.121. The minimum absolute atomic E-state index is 0.0300. The molecule has 3 amide bonds. The molecular weight excluding hydrogens is 440 g/mol. The monoisotopic (exact) mass is 480 g/mol. The van der Waals surface area contributed by atoms with Gasteiger partial charge in [-0.1, -0.05) is 25.1 Å². The van der Waals surface area contributed by atoms with Crippen LogP contribution in [0.15, 0.2) is 52.8 Å². The third-order valence-corrected chi connectivity index (χ3v) is 7.12. The zero-order valence-electron chi connectivity index (χ0n) is 21.7. The number of amides is 3. The molecule has 1 aromatic rings. The lowest BCUT2D eigenvalue weighted by Gasteiger charge is -2.41. The first-order chi connectivity index (χ1) is 16.8. The van der Waals surface area contributed by atoms with E-state index in [0.29, 0.717) is 13.1 Å². The van der Waals surface area contributed by atoms with E-state index in [0.717, 1.165) is 71.5 Å². The second-order valence-electron chi connectivity index (χ2n) is 9.57. The van der Waals surface area contributed by atoms with Gasteiger partial charge in [-0.2, -0.15) is 0 Å². The van der Waals surface area contributed by atoms with E-state index in [1.165, 1.54) is 0 Å². The van der Waals surface area contributed by atoms with Gasteiger partial charge in [0.1, 0.15) is 5.75 Å². The zero-order chi connectivity index (χ0) is 25.5. The van der Waals surface area contributed by atoms with Crippen LogP contribution < -0.4 is 21.1 Å². The Kier molecular flexibility index (Phi) is 9.15. The summed E-state index contributed by atoms with van der Waals surface area (Å²) in [4.78, 5) is 27.9. The molecule has 1 saturated heterocycles. The summed E-state index contributed by atoms with van der Waals surface area (Å²) in [7, 11) is 1.63. The second-order valence-corrected chi connectivity index (χ2v) is 9.57. The molecule has 7 nitrogen and oxygen atoms in total. The van der Waals surface area contributed by atoms with Crippen molar-refractivity contribution in [2.24, 2.45) is 11.7 Å². The Morgan fingerprint density at radius 2 is 1.97 bits per heavy atom. The summed E-state index contributed by atoms with van der Waals surface area (Å²) >= 11 is 0. The number of hydrogen-bond donors (Lipinski definition) is 3. The van der Waals surface area contributed by atoms with Crippen molar-refractivity contribution in [3.63, 3.8) is 0 Å². The fourth-order valence-electron chi connectivity index (χ4n) is 4.85. The average Bonchev–Trinajstić information content (AvgIpc) is 2.87. The van der Waals surface area contributed by atoms with Crippen molar-refractivity contribution in [2.75, 3.05) is 25.5 Å². The van der Waals surface area contributed by atoms with E-state index >= 15 is 0 Å². The van der Waals surface area contributed by atoms with Crippen LogP contribution in [0.25, 0.3) is 0 Å². The molecule has 1 heterocycles. The zero-order valence-corrected chi connectivity index (χ0v) is 21.7. The van der Waals surface area contributed by atoms with Crippen LogP contribution in [-0.2, 0) is 4.79 Å². The maximum atomic E-state index is 13.1. The summed E-state index contributed by atoms with van der Waals surface area (Å²) in [5.74, 6) is 0.724. The van der Waals surface area contributed by atoms with Gasteiger partial charge in [0, 0.05) is 36.0 Å². The molecule has 0 unspecified atom stereocenters. The number of nitrogens with zero attached hydrogens (tertiary/aromatic N) is 1. The van der Waals surface area contributed by atoms with E-state index in [4.69, 9.17) is 10.5 Å². The van der Waals surface area contributed by atoms with E-state index in [9.17, 15) is 9.59 Å². The van der Waals surface area contributed by atoms with Crippen LogP contribution in [-0.4, -0.2) is 43.1 Å². The predicted octanol–water partition coefficient (Wildman–Crippen LogP) is 5.04. The van der Waals surface area contributed by atoms with E-state index in [1.807, 2.05) is 36.9 Å². The molecule has 1 aliphatic heterocycles. The number of rotatable bonds is 7. The molecule has 1 aromatic carbocycles. The van der Waals surface area contributed by atoms with Crippen molar-refractivity contribution in [1.29, 1.82) is 0 Å². The molecule has 2 aliphatic rings. The molecule has 3 rings (SSSR count). The Hall–Kier alpha value is -3.06. The molecule has 2 fully saturated rings. The number of anilines is 1. The highest BCUT2D eigenvalue weighted by molar-refractivity contribution is 5.93. The van der Waals surface area contributed by atoms with Crippen LogP contribution in [0, 0.1) is 12.8 Å². The van der Waals surface area contributed by atoms with E-state index in [-0.39, 0.29) is 23.9 Å². The van der Waals surface area contributed by atoms with E-state index in [2.05, 4.69) is 36.6 Å². The van der Waals surface area contributed by atoms with Gasteiger partial charge < -0.3 is 26.0 Å². The quantitative estimate of drug-likeness (QED) is 0.509. The summed E-state index contributed by atoms with van der Waals surface area (Å²) in [6.07, 6.45) is 8.31. The summed E-state index contributed by atoms with van der Waals surface area (Å²) in [6.45, 7) is 9.09. The highest BCUT2D eigenvalue weighted by Gasteiger charge is 2.35. The minimum Gasteiger partial charge on any atom is -0.496 e. The molecule has 190 valence electrons. The van der Waals surface area contributed by atoms with Crippen LogP contribution in [0.4, 0.5) is 10.5 Å². The van der Waals surface area contributed by atoms with Crippen LogP contribution in [0.1, 0.15) is 58.4 Å².